The molecule has 1 aliphatic heterocycles. The van der Waals surface area contributed by atoms with Gasteiger partial charge in [-0.3, -0.25) is 9.69 Å². The van der Waals surface area contributed by atoms with Crippen molar-refractivity contribution >= 4 is 34.8 Å². The molecule has 2 rings (SSSR count). The van der Waals surface area contributed by atoms with Gasteiger partial charge in [0.25, 0.3) is 0 Å². The van der Waals surface area contributed by atoms with E-state index in [9.17, 15) is 4.79 Å². The highest BCUT2D eigenvalue weighted by atomic mass is 35.5. The highest BCUT2D eigenvalue weighted by Gasteiger charge is 2.39. The fraction of sp³-hybridized carbons (Fsp3) is 0.364. The van der Waals surface area contributed by atoms with Crippen molar-refractivity contribution in [1.82, 2.24) is 4.90 Å². The molecule has 5 nitrogen and oxygen atoms in total. The molecule has 1 aromatic rings. The lowest BCUT2D eigenvalue weighted by Crippen LogP contribution is -2.47. The van der Waals surface area contributed by atoms with E-state index in [4.69, 9.17) is 22.6 Å². The largest absolute Gasteiger partial charge is 0.369 e. The summed E-state index contributed by atoms with van der Waals surface area (Å²) in [5, 5.41) is 10.9. The fourth-order valence-electron chi connectivity index (χ4n) is 1.82. The Labute approximate surface area is 113 Å². The van der Waals surface area contributed by atoms with Crippen molar-refractivity contribution in [3.8, 4) is 6.07 Å². The number of hydrogen-bond donors (Lipinski definition) is 1. The van der Waals surface area contributed by atoms with Crippen molar-refractivity contribution in [1.29, 1.82) is 5.26 Å². The lowest BCUT2D eigenvalue weighted by molar-refractivity contribution is -0.128. The molecule has 0 aromatic carbocycles. The summed E-state index contributed by atoms with van der Waals surface area (Å²) in [6.45, 7) is 1.80. The van der Waals surface area contributed by atoms with Crippen LogP contribution in [0.3, 0.4) is 0 Å². The lowest BCUT2D eigenvalue weighted by Gasteiger charge is -2.32. The van der Waals surface area contributed by atoms with Crippen molar-refractivity contribution < 1.29 is 4.79 Å². The minimum atomic E-state index is -0.787. The molecule has 1 amide bonds. The highest BCUT2D eigenvalue weighted by molar-refractivity contribution is 7.11. The number of nitrogens with zero attached hydrogens (tertiary/aromatic N) is 3. The first-order valence-corrected chi connectivity index (χ1v) is 6.44. The topological polar surface area (TPSA) is 82.5 Å². The monoisotopic (exact) mass is 282 g/mol. The first-order chi connectivity index (χ1) is 8.39. The van der Waals surface area contributed by atoms with Gasteiger partial charge in [0, 0.05) is 12.4 Å². The van der Waals surface area contributed by atoms with Crippen molar-refractivity contribution in [3.63, 3.8) is 0 Å². The van der Waals surface area contributed by atoms with Crippen LogP contribution >= 0.6 is 22.9 Å². The first kappa shape index (κ1) is 12.9. The summed E-state index contributed by atoms with van der Waals surface area (Å²) in [6, 6.07) is 2.01. The maximum atomic E-state index is 11.8. The molecule has 0 spiro atoms. The molecule has 1 aromatic heterocycles. The van der Waals surface area contributed by atoms with Gasteiger partial charge in [0.2, 0.25) is 5.91 Å². The standard InChI is InChI=1S/C11H11ClN4OS/c1-11(3-7(17)16(2)10(14)15-11)9-8(12)6(4-13)5-18-9/h5H,3H2,1-2H3,(H2,14,15)/t11-/m1/s1. The van der Waals surface area contributed by atoms with Gasteiger partial charge in [-0.2, -0.15) is 5.26 Å². The second kappa shape index (κ2) is 4.26. The summed E-state index contributed by atoms with van der Waals surface area (Å²) < 4.78 is 0. The van der Waals surface area contributed by atoms with Crippen LogP contribution in [-0.2, 0) is 10.3 Å². The minimum absolute atomic E-state index is 0.118. The van der Waals surface area contributed by atoms with Crippen LogP contribution in [0.25, 0.3) is 0 Å². The van der Waals surface area contributed by atoms with E-state index >= 15 is 0 Å². The molecule has 0 saturated carbocycles. The lowest BCUT2D eigenvalue weighted by atomic mass is 9.94. The van der Waals surface area contributed by atoms with Gasteiger partial charge in [-0.25, -0.2) is 4.99 Å². The van der Waals surface area contributed by atoms with Gasteiger partial charge in [-0.05, 0) is 6.92 Å². The number of amides is 1. The molecule has 0 aliphatic carbocycles. The smallest absolute Gasteiger partial charge is 0.231 e. The quantitative estimate of drug-likeness (QED) is 0.850. The number of carbonyl (C=O) groups is 1. The summed E-state index contributed by atoms with van der Waals surface area (Å²) in [5.74, 6) is 0.0460. The normalized spacial score (nSPS) is 23.8. The Balaban J connectivity index is 2.53. The van der Waals surface area contributed by atoms with E-state index < -0.39 is 5.54 Å². The average Bonchev–Trinajstić information content (AvgIpc) is 2.68. The van der Waals surface area contributed by atoms with Gasteiger partial charge in [-0.15, -0.1) is 11.3 Å². The third kappa shape index (κ3) is 1.85. The Hall–Kier alpha value is -1.58. The summed E-state index contributed by atoms with van der Waals surface area (Å²) in [7, 11) is 1.58. The SMILES string of the molecule is CN1C(=O)C[C@](C)(c2scc(C#N)c2Cl)N=C1N. The van der Waals surface area contributed by atoms with Gasteiger partial charge in [0.1, 0.15) is 11.6 Å². The van der Waals surface area contributed by atoms with Gasteiger partial charge in [0.15, 0.2) is 5.96 Å². The number of nitrogens with two attached hydrogens (primary N) is 1. The summed E-state index contributed by atoms with van der Waals surface area (Å²) in [5.41, 5.74) is 5.34. The van der Waals surface area contributed by atoms with E-state index in [-0.39, 0.29) is 18.3 Å². The number of carbonyl (C=O) groups excluding carboxylic acids is 1. The summed E-state index contributed by atoms with van der Waals surface area (Å²) in [6.07, 6.45) is 0.190. The Morgan fingerprint density at radius 1 is 1.72 bits per heavy atom. The third-order valence-electron chi connectivity index (χ3n) is 2.91. The van der Waals surface area contributed by atoms with Crippen molar-refractivity contribution in [2.45, 2.75) is 18.9 Å². The molecule has 18 heavy (non-hydrogen) atoms. The average molecular weight is 283 g/mol. The van der Waals surface area contributed by atoms with Crippen molar-refractivity contribution in [2.24, 2.45) is 10.7 Å². The third-order valence-corrected chi connectivity index (χ3v) is 4.65. The van der Waals surface area contributed by atoms with Crippen LogP contribution in [0, 0.1) is 11.3 Å². The molecule has 7 heteroatoms. The molecule has 0 bridgehead atoms. The predicted octanol–water partition coefficient (Wildman–Crippen LogP) is 1.67. The van der Waals surface area contributed by atoms with E-state index in [1.54, 1.807) is 19.4 Å². The van der Waals surface area contributed by atoms with E-state index in [0.717, 1.165) is 0 Å². The van der Waals surface area contributed by atoms with E-state index in [2.05, 4.69) is 4.99 Å². The van der Waals surface area contributed by atoms with Gasteiger partial charge >= 0.3 is 0 Å². The molecule has 0 unspecified atom stereocenters. The van der Waals surface area contributed by atoms with Crippen LogP contribution in [0.4, 0.5) is 0 Å². The number of nitriles is 1. The van der Waals surface area contributed by atoms with E-state index in [1.165, 1.54) is 16.2 Å². The highest BCUT2D eigenvalue weighted by Crippen LogP contribution is 2.42. The number of rotatable bonds is 1. The zero-order chi connectivity index (χ0) is 13.5. The number of halogens is 1. The second-order valence-electron chi connectivity index (χ2n) is 4.28. The molecular formula is C11H11ClN4OS. The van der Waals surface area contributed by atoms with Gasteiger partial charge < -0.3 is 5.73 Å². The second-order valence-corrected chi connectivity index (χ2v) is 5.54. The van der Waals surface area contributed by atoms with Crippen LogP contribution in [0.2, 0.25) is 5.02 Å². The number of hydrogen-bond acceptors (Lipinski definition) is 5. The Bertz CT molecular complexity index is 588. The zero-order valence-electron chi connectivity index (χ0n) is 9.90. The Morgan fingerprint density at radius 3 is 2.89 bits per heavy atom. The molecule has 1 atom stereocenters. The molecular weight excluding hydrogens is 272 g/mol. The molecule has 0 saturated heterocycles. The predicted molar refractivity (Wildman–Crippen MR) is 70.4 cm³/mol. The molecule has 1 aliphatic rings. The van der Waals surface area contributed by atoms with Gasteiger partial charge in [0.05, 0.1) is 21.9 Å². The van der Waals surface area contributed by atoms with Crippen LogP contribution in [0.1, 0.15) is 23.8 Å². The Kier molecular flexibility index (Phi) is 3.05. The van der Waals surface area contributed by atoms with Crippen molar-refractivity contribution in [3.05, 3.63) is 20.8 Å². The van der Waals surface area contributed by atoms with Crippen LogP contribution < -0.4 is 5.73 Å². The first-order valence-electron chi connectivity index (χ1n) is 5.18. The van der Waals surface area contributed by atoms with E-state index in [1.807, 2.05) is 6.07 Å². The molecule has 2 heterocycles. The van der Waals surface area contributed by atoms with Crippen molar-refractivity contribution in [2.75, 3.05) is 7.05 Å². The maximum absolute atomic E-state index is 11.8. The molecule has 0 fully saturated rings. The zero-order valence-corrected chi connectivity index (χ0v) is 11.5. The van der Waals surface area contributed by atoms with E-state index in [0.29, 0.717) is 15.5 Å². The molecule has 2 N–H and O–H groups in total. The van der Waals surface area contributed by atoms with Gasteiger partial charge in [-0.1, -0.05) is 11.6 Å². The summed E-state index contributed by atoms with van der Waals surface area (Å²) >= 11 is 7.46. The minimum Gasteiger partial charge on any atom is -0.369 e. The number of aliphatic imine (C=N–C) groups is 1. The fourth-order valence-corrected chi connectivity index (χ4v) is 3.31. The maximum Gasteiger partial charge on any atom is 0.231 e. The van der Waals surface area contributed by atoms with Crippen LogP contribution in [0.5, 0.6) is 0 Å². The van der Waals surface area contributed by atoms with Crippen LogP contribution in [-0.4, -0.2) is 23.8 Å². The molecule has 0 radical (unpaired) electrons. The number of thiophene rings is 1. The number of guanidine groups is 1. The Morgan fingerprint density at radius 2 is 2.39 bits per heavy atom. The summed E-state index contributed by atoms with van der Waals surface area (Å²) in [4.78, 5) is 18.2. The molecule has 94 valence electrons. The van der Waals surface area contributed by atoms with Crippen LogP contribution in [0.15, 0.2) is 10.4 Å².